The molecule has 1 rings (SSSR count). The highest BCUT2D eigenvalue weighted by molar-refractivity contribution is 14.1. The molecule has 0 saturated heterocycles. The van der Waals surface area contributed by atoms with Crippen molar-refractivity contribution in [3.63, 3.8) is 0 Å². The highest BCUT2D eigenvalue weighted by atomic mass is 127. The van der Waals surface area contributed by atoms with Crippen LogP contribution >= 0.6 is 22.6 Å². The molecule has 17 heavy (non-hydrogen) atoms. The summed E-state index contributed by atoms with van der Waals surface area (Å²) < 4.78 is 0.691. The number of carbonyl (C=O) groups excluding carboxylic acids is 1. The maximum atomic E-state index is 11.7. The molecule has 0 spiro atoms. The summed E-state index contributed by atoms with van der Waals surface area (Å²) in [7, 11) is 0. The Kier molecular flexibility index (Phi) is 4.34. The predicted molar refractivity (Wildman–Crippen MR) is 72.6 cm³/mol. The van der Waals surface area contributed by atoms with Crippen LogP contribution in [0.2, 0.25) is 0 Å². The smallest absolute Gasteiger partial charge is 0.251 e. The van der Waals surface area contributed by atoms with Crippen LogP contribution in [0.1, 0.15) is 24.2 Å². The van der Waals surface area contributed by atoms with Crippen LogP contribution < -0.4 is 5.32 Å². The van der Waals surface area contributed by atoms with Crippen molar-refractivity contribution < 1.29 is 9.90 Å². The number of nitrogens with zero attached hydrogens (tertiary/aromatic N) is 1. The molecule has 0 radical (unpaired) electrons. The molecule has 0 aliphatic carbocycles. The molecule has 0 bridgehead atoms. The maximum absolute atomic E-state index is 11.7. The third kappa shape index (κ3) is 3.89. The maximum Gasteiger partial charge on any atom is 0.251 e. The zero-order chi connectivity index (χ0) is 13.1. The number of hydrogen-bond donors (Lipinski definition) is 2. The van der Waals surface area contributed by atoms with Crippen molar-refractivity contribution in [3.05, 3.63) is 27.3 Å². The highest BCUT2D eigenvalue weighted by Gasteiger charge is 2.18. The summed E-state index contributed by atoms with van der Waals surface area (Å²) >= 11 is 1.98. The third-order valence-electron chi connectivity index (χ3n) is 2.20. The van der Waals surface area contributed by atoms with Crippen LogP contribution in [0, 0.1) is 20.3 Å². The largest absolute Gasteiger partial charge is 0.507 e. The number of rotatable bonds is 3. The van der Waals surface area contributed by atoms with E-state index in [0.717, 1.165) is 0 Å². The van der Waals surface area contributed by atoms with E-state index in [9.17, 15) is 9.90 Å². The molecule has 5 heteroatoms. The molecule has 0 heterocycles. The number of phenols is 1. The zero-order valence-corrected chi connectivity index (χ0v) is 11.8. The van der Waals surface area contributed by atoms with Crippen LogP contribution in [-0.2, 0) is 0 Å². The lowest BCUT2D eigenvalue weighted by molar-refractivity contribution is 0.0943. The molecule has 90 valence electrons. The van der Waals surface area contributed by atoms with E-state index in [4.69, 9.17) is 5.26 Å². The van der Waals surface area contributed by atoms with Gasteiger partial charge >= 0.3 is 0 Å². The fourth-order valence-corrected chi connectivity index (χ4v) is 1.43. The molecule has 0 aromatic heterocycles. The summed E-state index contributed by atoms with van der Waals surface area (Å²) in [5, 5.41) is 21.0. The molecular formula is C12H13IN2O2. The number of amides is 1. The van der Waals surface area contributed by atoms with Gasteiger partial charge in [0.1, 0.15) is 5.75 Å². The fourth-order valence-electron chi connectivity index (χ4n) is 1.10. The summed E-state index contributed by atoms with van der Waals surface area (Å²) in [6, 6.07) is 6.82. The lowest BCUT2D eigenvalue weighted by atomic mass is 9.96. The number of nitrogens with one attached hydrogen (secondary N) is 1. The Hall–Kier alpha value is -1.29. The average molecular weight is 344 g/mol. The minimum absolute atomic E-state index is 0.0813. The normalized spacial score (nSPS) is 10.7. The highest BCUT2D eigenvalue weighted by Crippen LogP contribution is 2.20. The Labute approximate surface area is 114 Å². The summed E-state index contributed by atoms with van der Waals surface area (Å²) in [5.41, 5.74) is -0.211. The van der Waals surface area contributed by atoms with Crippen LogP contribution in [0.15, 0.2) is 18.2 Å². The van der Waals surface area contributed by atoms with Gasteiger partial charge in [0.05, 0.1) is 15.1 Å². The molecule has 0 aliphatic heterocycles. The van der Waals surface area contributed by atoms with Gasteiger partial charge in [-0.15, -0.1) is 0 Å². The van der Waals surface area contributed by atoms with Gasteiger partial charge in [0.25, 0.3) is 5.91 Å². The van der Waals surface area contributed by atoms with Crippen molar-refractivity contribution in [2.24, 2.45) is 5.41 Å². The molecule has 4 nitrogen and oxygen atoms in total. The monoisotopic (exact) mass is 344 g/mol. The van der Waals surface area contributed by atoms with Gasteiger partial charge in [-0.25, -0.2) is 0 Å². The van der Waals surface area contributed by atoms with Crippen molar-refractivity contribution in [2.45, 2.75) is 13.8 Å². The number of halogens is 1. The number of aromatic hydroxyl groups is 1. The SMILES string of the molecule is CC(C)(C#N)CNC(=O)c1ccc(I)c(O)c1. The first-order valence-corrected chi connectivity index (χ1v) is 6.11. The van der Waals surface area contributed by atoms with E-state index in [2.05, 4.69) is 11.4 Å². The van der Waals surface area contributed by atoms with E-state index < -0.39 is 5.41 Å². The molecular weight excluding hydrogens is 331 g/mol. The first kappa shape index (κ1) is 13.8. The average Bonchev–Trinajstić information content (AvgIpc) is 2.30. The second kappa shape index (κ2) is 5.36. The minimum Gasteiger partial charge on any atom is -0.507 e. The van der Waals surface area contributed by atoms with Crippen molar-refractivity contribution in [2.75, 3.05) is 6.54 Å². The quantitative estimate of drug-likeness (QED) is 0.827. The van der Waals surface area contributed by atoms with Gasteiger partial charge < -0.3 is 10.4 Å². The molecule has 0 aliphatic rings. The van der Waals surface area contributed by atoms with Crippen molar-refractivity contribution in [1.29, 1.82) is 5.26 Å². The molecule has 1 aromatic carbocycles. The fraction of sp³-hybridized carbons (Fsp3) is 0.333. The van der Waals surface area contributed by atoms with E-state index in [-0.39, 0.29) is 18.2 Å². The van der Waals surface area contributed by atoms with E-state index in [1.165, 1.54) is 6.07 Å². The lowest BCUT2D eigenvalue weighted by Gasteiger charge is -2.15. The van der Waals surface area contributed by atoms with Crippen molar-refractivity contribution in [3.8, 4) is 11.8 Å². The van der Waals surface area contributed by atoms with Crippen LogP contribution in [-0.4, -0.2) is 17.6 Å². The van der Waals surface area contributed by atoms with E-state index in [0.29, 0.717) is 9.13 Å². The molecule has 0 fully saturated rings. The van der Waals surface area contributed by atoms with Gasteiger partial charge in [-0.05, 0) is 54.6 Å². The molecule has 2 N–H and O–H groups in total. The van der Waals surface area contributed by atoms with Gasteiger partial charge in [-0.3, -0.25) is 4.79 Å². The van der Waals surface area contributed by atoms with Gasteiger partial charge in [-0.1, -0.05) is 0 Å². The number of hydrogen-bond acceptors (Lipinski definition) is 3. The molecule has 1 amide bonds. The van der Waals surface area contributed by atoms with Crippen molar-refractivity contribution in [1.82, 2.24) is 5.32 Å². The second-order valence-electron chi connectivity index (χ2n) is 4.34. The minimum atomic E-state index is -0.596. The Balaban J connectivity index is 2.72. The van der Waals surface area contributed by atoms with E-state index >= 15 is 0 Å². The van der Waals surface area contributed by atoms with Crippen LogP contribution in [0.25, 0.3) is 0 Å². The summed E-state index contributed by atoms with van der Waals surface area (Å²) in [5.74, 6) is -0.210. The lowest BCUT2D eigenvalue weighted by Crippen LogP contribution is -2.33. The Morgan fingerprint density at radius 1 is 1.59 bits per heavy atom. The first-order valence-electron chi connectivity index (χ1n) is 5.04. The number of phenolic OH excluding ortho intramolecular Hbond substituents is 1. The van der Waals surface area contributed by atoms with Gasteiger partial charge in [0.15, 0.2) is 0 Å². The molecule has 0 saturated carbocycles. The number of benzene rings is 1. The van der Waals surface area contributed by atoms with Gasteiger partial charge in [-0.2, -0.15) is 5.26 Å². The Morgan fingerprint density at radius 3 is 2.76 bits per heavy atom. The topological polar surface area (TPSA) is 73.1 Å². The van der Waals surface area contributed by atoms with Gasteiger partial charge in [0, 0.05) is 12.1 Å². The summed E-state index contributed by atoms with van der Waals surface area (Å²) in [6.45, 7) is 3.77. The number of nitriles is 1. The predicted octanol–water partition coefficient (Wildman–Crippen LogP) is 2.28. The van der Waals surface area contributed by atoms with E-state index in [1.54, 1.807) is 26.0 Å². The van der Waals surface area contributed by atoms with Crippen LogP contribution in [0.5, 0.6) is 5.75 Å². The van der Waals surface area contributed by atoms with Crippen molar-refractivity contribution >= 4 is 28.5 Å². The molecule has 0 unspecified atom stereocenters. The standard InChI is InChI=1S/C12H13IN2O2/c1-12(2,6-14)7-15-11(17)8-3-4-9(13)10(16)5-8/h3-5,16H,7H2,1-2H3,(H,15,17). The van der Waals surface area contributed by atoms with Crippen LogP contribution in [0.4, 0.5) is 0 Å². The molecule has 1 aromatic rings. The zero-order valence-electron chi connectivity index (χ0n) is 9.62. The first-order chi connectivity index (χ1) is 7.85. The van der Waals surface area contributed by atoms with Crippen LogP contribution in [0.3, 0.4) is 0 Å². The molecule has 0 atom stereocenters. The third-order valence-corrected chi connectivity index (χ3v) is 3.11. The van der Waals surface area contributed by atoms with E-state index in [1.807, 2.05) is 22.6 Å². The Bertz CT molecular complexity index is 478. The second-order valence-corrected chi connectivity index (χ2v) is 5.51. The summed E-state index contributed by atoms with van der Waals surface area (Å²) in [4.78, 5) is 11.7. The van der Waals surface area contributed by atoms with Gasteiger partial charge in [0.2, 0.25) is 0 Å². The number of carbonyl (C=O) groups is 1. The summed E-state index contributed by atoms with van der Waals surface area (Å²) in [6.07, 6.45) is 0. The Morgan fingerprint density at radius 2 is 2.24 bits per heavy atom.